The minimum absolute atomic E-state index is 0. The largest absolute Gasteiger partial charge is 0.383 e. The van der Waals surface area contributed by atoms with Crippen molar-refractivity contribution in [3.05, 3.63) is 35.9 Å². The van der Waals surface area contributed by atoms with Gasteiger partial charge in [0, 0.05) is 26.7 Å². The van der Waals surface area contributed by atoms with Gasteiger partial charge in [-0.2, -0.15) is 0 Å². The number of rotatable bonds is 8. The highest BCUT2D eigenvalue weighted by Gasteiger charge is 2.42. The first-order valence-corrected chi connectivity index (χ1v) is 7.83. The summed E-state index contributed by atoms with van der Waals surface area (Å²) in [6, 6.07) is 10.2. The molecular weight excluding hydrogens is 300 g/mol. The van der Waals surface area contributed by atoms with E-state index in [1.807, 2.05) is 18.2 Å². The monoisotopic (exact) mass is 326 g/mol. The third-order valence-electron chi connectivity index (χ3n) is 4.29. The molecule has 2 rings (SSSR count). The highest BCUT2D eigenvalue weighted by Crippen LogP contribution is 2.41. The van der Waals surface area contributed by atoms with Crippen LogP contribution in [0.15, 0.2) is 30.3 Å². The van der Waals surface area contributed by atoms with Gasteiger partial charge in [-0.3, -0.25) is 4.79 Å². The highest BCUT2D eigenvalue weighted by atomic mass is 35.5. The van der Waals surface area contributed by atoms with Gasteiger partial charge in [-0.05, 0) is 18.4 Å². The molecule has 1 aliphatic carbocycles. The summed E-state index contributed by atoms with van der Waals surface area (Å²) in [6.45, 7) is 2.95. The summed E-state index contributed by atoms with van der Waals surface area (Å²) in [5.74, 6) is 0.180. The van der Waals surface area contributed by atoms with Crippen molar-refractivity contribution in [1.29, 1.82) is 0 Å². The molecule has 0 atom stereocenters. The van der Waals surface area contributed by atoms with E-state index in [4.69, 9.17) is 4.74 Å². The molecule has 0 aromatic heterocycles. The molecule has 1 aliphatic rings. The second-order valence-electron chi connectivity index (χ2n) is 5.65. The Bertz CT molecular complexity index is 434. The Morgan fingerprint density at radius 3 is 2.45 bits per heavy atom. The quantitative estimate of drug-likeness (QED) is 0.721. The van der Waals surface area contributed by atoms with Crippen LogP contribution in [0.1, 0.15) is 31.2 Å². The summed E-state index contributed by atoms with van der Waals surface area (Å²) in [4.78, 5) is 12.7. The number of hydrogen-bond donors (Lipinski definition) is 2. The molecule has 0 heterocycles. The Kier molecular flexibility index (Phi) is 8.46. The van der Waals surface area contributed by atoms with Crippen molar-refractivity contribution in [3.63, 3.8) is 0 Å². The maximum absolute atomic E-state index is 12.7. The van der Waals surface area contributed by atoms with E-state index in [-0.39, 0.29) is 23.7 Å². The van der Waals surface area contributed by atoms with Crippen LogP contribution in [0.4, 0.5) is 0 Å². The van der Waals surface area contributed by atoms with Crippen LogP contribution in [-0.2, 0) is 14.9 Å². The second-order valence-corrected chi connectivity index (χ2v) is 5.65. The summed E-state index contributed by atoms with van der Waals surface area (Å²) in [5, 5.41) is 6.34. The number of benzene rings is 1. The zero-order chi connectivity index (χ0) is 15.0. The van der Waals surface area contributed by atoms with Gasteiger partial charge in [0.25, 0.3) is 0 Å². The molecule has 1 amide bonds. The average Bonchev–Trinajstić information content (AvgIpc) is 3.02. The van der Waals surface area contributed by atoms with Crippen molar-refractivity contribution >= 4 is 18.3 Å². The van der Waals surface area contributed by atoms with Crippen molar-refractivity contribution in [2.24, 2.45) is 0 Å². The minimum atomic E-state index is -0.312. The van der Waals surface area contributed by atoms with Gasteiger partial charge in [0.05, 0.1) is 12.0 Å². The summed E-state index contributed by atoms with van der Waals surface area (Å²) in [5.41, 5.74) is 0.848. The van der Waals surface area contributed by atoms with E-state index in [0.29, 0.717) is 13.2 Å². The van der Waals surface area contributed by atoms with E-state index in [0.717, 1.165) is 44.3 Å². The number of methoxy groups -OCH3 is 1. The Morgan fingerprint density at radius 1 is 1.14 bits per heavy atom. The van der Waals surface area contributed by atoms with Crippen LogP contribution in [0, 0.1) is 0 Å². The van der Waals surface area contributed by atoms with E-state index >= 15 is 0 Å². The Balaban J connectivity index is 0.00000242. The van der Waals surface area contributed by atoms with Gasteiger partial charge in [0.1, 0.15) is 0 Å². The Morgan fingerprint density at radius 2 is 1.82 bits per heavy atom. The molecule has 0 bridgehead atoms. The topological polar surface area (TPSA) is 50.4 Å². The van der Waals surface area contributed by atoms with E-state index in [1.165, 1.54) is 0 Å². The van der Waals surface area contributed by atoms with Gasteiger partial charge in [0.2, 0.25) is 5.91 Å². The fourth-order valence-corrected chi connectivity index (χ4v) is 3.12. The number of hydrogen-bond acceptors (Lipinski definition) is 3. The second kappa shape index (κ2) is 9.82. The molecule has 4 nitrogen and oxygen atoms in total. The summed E-state index contributed by atoms with van der Waals surface area (Å²) < 4.78 is 4.97. The molecule has 0 saturated heterocycles. The first-order chi connectivity index (χ1) is 10.3. The van der Waals surface area contributed by atoms with Crippen LogP contribution in [-0.4, -0.2) is 39.3 Å². The van der Waals surface area contributed by atoms with Crippen LogP contribution < -0.4 is 10.6 Å². The summed E-state index contributed by atoms with van der Waals surface area (Å²) in [7, 11) is 1.69. The number of halogens is 1. The fourth-order valence-electron chi connectivity index (χ4n) is 3.12. The predicted molar refractivity (Wildman–Crippen MR) is 91.6 cm³/mol. The Hall–Kier alpha value is -1.10. The molecule has 1 aromatic rings. The molecule has 0 unspecified atom stereocenters. The van der Waals surface area contributed by atoms with Crippen LogP contribution >= 0.6 is 12.4 Å². The van der Waals surface area contributed by atoms with Crippen molar-refractivity contribution < 1.29 is 9.53 Å². The molecule has 1 fully saturated rings. The molecule has 1 saturated carbocycles. The third-order valence-corrected chi connectivity index (χ3v) is 4.29. The SMILES string of the molecule is COCCNCCNC(=O)C1(c2ccccc2)CCCC1.Cl. The van der Waals surface area contributed by atoms with Gasteiger partial charge in [0.15, 0.2) is 0 Å². The minimum Gasteiger partial charge on any atom is -0.383 e. The number of amides is 1. The van der Waals surface area contributed by atoms with Crippen LogP contribution in [0.2, 0.25) is 0 Å². The van der Waals surface area contributed by atoms with Crippen LogP contribution in [0.5, 0.6) is 0 Å². The fraction of sp³-hybridized carbons (Fsp3) is 0.588. The molecule has 5 heteroatoms. The van der Waals surface area contributed by atoms with Gasteiger partial charge in [-0.25, -0.2) is 0 Å². The lowest BCUT2D eigenvalue weighted by molar-refractivity contribution is -0.126. The maximum atomic E-state index is 12.7. The lowest BCUT2D eigenvalue weighted by Crippen LogP contribution is -2.44. The molecule has 0 radical (unpaired) electrons. The number of ether oxygens (including phenoxy) is 1. The summed E-state index contributed by atoms with van der Waals surface area (Å²) >= 11 is 0. The van der Waals surface area contributed by atoms with Crippen molar-refractivity contribution in [2.45, 2.75) is 31.1 Å². The van der Waals surface area contributed by atoms with E-state index in [2.05, 4.69) is 22.8 Å². The molecule has 22 heavy (non-hydrogen) atoms. The molecule has 1 aromatic carbocycles. The molecular formula is C17H27ClN2O2. The number of carbonyl (C=O) groups is 1. The lowest BCUT2D eigenvalue weighted by atomic mass is 9.78. The first-order valence-electron chi connectivity index (χ1n) is 7.83. The zero-order valence-electron chi connectivity index (χ0n) is 13.3. The van der Waals surface area contributed by atoms with E-state index in [9.17, 15) is 4.79 Å². The number of carbonyl (C=O) groups excluding carboxylic acids is 1. The zero-order valence-corrected chi connectivity index (χ0v) is 14.1. The third kappa shape index (κ3) is 4.70. The van der Waals surface area contributed by atoms with Crippen LogP contribution in [0.25, 0.3) is 0 Å². The lowest BCUT2D eigenvalue weighted by Gasteiger charge is -2.28. The van der Waals surface area contributed by atoms with Gasteiger partial charge in [-0.1, -0.05) is 43.2 Å². The molecule has 0 aliphatic heterocycles. The number of nitrogens with one attached hydrogen (secondary N) is 2. The molecule has 124 valence electrons. The standard InChI is InChI=1S/C17H26N2O2.ClH/c1-21-14-13-18-11-12-19-16(20)17(9-5-6-10-17)15-7-3-2-4-8-15;/h2-4,7-8,18H,5-6,9-14H2,1H3,(H,19,20);1H. The normalized spacial score (nSPS) is 16.0. The molecule has 2 N–H and O–H groups in total. The van der Waals surface area contributed by atoms with Crippen LogP contribution in [0.3, 0.4) is 0 Å². The predicted octanol–water partition coefficient (Wildman–Crippen LogP) is 2.27. The van der Waals surface area contributed by atoms with Gasteiger partial charge >= 0.3 is 0 Å². The van der Waals surface area contributed by atoms with Gasteiger partial charge < -0.3 is 15.4 Å². The van der Waals surface area contributed by atoms with E-state index < -0.39 is 0 Å². The highest BCUT2D eigenvalue weighted by molar-refractivity contribution is 5.88. The Labute approximate surface area is 139 Å². The smallest absolute Gasteiger partial charge is 0.230 e. The maximum Gasteiger partial charge on any atom is 0.230 e. The van der Waals surface area contributed by atoms with Crippen molar-refractivity contribution in [1.82, 2.24) is 10.6 Å². The molecule has 0 spiro atoms. The first kappa shape index (κ1) is 18.9. The van der Waals surface area contributed by atoms with Crippen molar-refractivity contribution in [2.75, 3.05) is 33.4 Å². The van der Waals surface area contributed by atoms with Gasteiger partial charge in [-0.15, -0.1) is 12.4 Å². The van der Waals surface area contributed by atoms with Crippen molar-refractivity contribution in [3.8, 4) is 0 Å². The average molecular weight is 327 g/mol. The van der Waals surface area contributed by atoms with E-state index in [1.54, 1.807) is 7.11 Å². The summed E-state index contributed by atoms with van der Waals surface area (Å²) in [6.07, 6.45) is 4.18.